The average molecular weight is 254 g/mol. The maximum Gasteiger partial charge on any atom is 0.270 e. The van der Waals surface area contributed by atoms with Crippen molar-refractivity contribution in [2.75, 3.05) is 0 Å². The lowest BCUT2D eigenvalue weighted by Gasteiger charge is -2.04. The lowest BCUT2D eigenvalue weighted by atomic mass is 10.1. The first kappa shape index (κ1) is 11.3. The number of fused-ring (bicyclic) bond motifs is 1. The van der Waals surface area contributed by atoms with E-state index in [4.69, 9.17) is 0 Å². The molecule has 6 heteroatoms. The van der Waals surface area contributed by atoms with Crippen LogP contribution in [0.4, 0.5) is 5.69 Å². The molecule has 0 saturated carbocycles. The lowest BCUT2D eigenvalue weighted by molar-refractivity contribution is -0.384. The Kier molecular flexibility index (Phi) is 2.49. The average Bonchev–Trinajstić information content (AvgIpc) is 2.86. The van der Waals surface area contributed by atoms with Gasteiger partial charge in [-0.2, -0.15) is 0 Å². The number of nitro groups is 1. The normalized spacial score (nSPS) is 10.8. The Hall–Kier alpha value is -2.76. The first-order valence-electron chi connectivity index (χ1n) is 5.71. The van der Waals surface area contributed by atoms with Gasteiger partial charge in [0.1, 0.15) is 5.65 Å². The molecule has 2 heterocycles. The lowest BCUT2D eigenvalue weighted by Crippen LogP contribution is -1.94. The van der Waals surface area contributed by atoms with Crippen LogP contribution in [0, 0.1) is 17.0 Å². The van der Waals surface area contributed by atoms with E-state index in [0.717, 1.165) is 16.6 Å². The van der Waals surface area contributed by atoms with Gasteiger partial charge in [-0.15, -0.1) is 0 Å². The number of hydrogen-bond acceptors (Lipinski definition) is 4. The zero-order valence-corrected chi connectivity index (χ0v) is 10.1. The van der Waals surface area contributed by atoms with Crippen molar-refractivity contribution in [2.24, 2.45) is 0 Å². The molecule has 1 N–H and O–H groups in total. The van der Waals surface area contributed by atoms with Gasteiger partial charge in [-0.25, -0.2) is 9.97 Å². The van der Waals surface area contributed by atoms with E-state index in [1.165, 1.54) is 12.1 Å². The van der Waals surface area contributed by atoms with Crippen molar-refractivity contribution in [1.82, 2.24) is 15.0 Å². The topological polar surface area (TPSA) is 84.7 Å². The van der Waals surface area contributed by atoms with Crippen molar-refractivity contribution < 1.29 is 4.92 Å². The van der Waals surface area contributed by atoms with Crippen LogP contribution in [0.25, 0.3) is 22.4 Å². The molecule has 0 atom stereocenters. The largest absolute Gasteiger partial charge is 0.346 e. The maximum absolute atomic E-state index is 10.8. The van der Waals surface area contributed by atoms with E-state index in [-0.39, 0.29) is 5.69 Å². The minimum atomic E-state index is -0.421. The number of rotatable bonds is 2. The summed E-state index contributed by atoms with van der Waals surface area (Å²) in [7, 11) is 0. The number of nitro benzene ring substituents is 1. The third-order valence-corrected chi connectivity index (χ3v) is 2.97. The van der Waals surface area contributed by atoms with Crippen LogP contribution in [-0.4, -0.2) is 19.9 Å². The SMILES string of the molecule is Cc1ccc([N+](=O)[O-])cc1-c1ncc2cc[nH]c2n1. The Labute approximate surface area is 108 Å². The molecule has 0 aliphatic heterocycles. The molecule has 94 valence electrons. The van der Waals surface area contributed by atoms with Crippen LogP contribution < -0.4 is 0 Å². The number of H-pyrrole nitrogens is 1. The van der Waals surface area contributed by atoms with Crippen molar-refractivity contribution in [2.45, 2.75) is 6.92 Å². The van der Waals surface area contributed by atoms with E-state index in [1.807, 2.05) is 13.0 Å². The molecule has 0 radical (unpaired) electrons. The van der Waals surface area contributed by atoms with Gasteiger partial charge in [0.2, 0.25) is 0 Å². The fourth-order valence-corrected chi connectivity index (χ4v) is 1.93. The molecule has 0 aliphatic rings. The van der Waals surface area contributed by atoms with Crippen molar-refractivity contribution in [3.05, 3.63) is 52.3 Å². The molecule has 0 fully saturated rings. The van der Waals surface area contributed by atoms with Gasteiger partial charge in [0.15, 0.2) is 5.82 Å². The van der Waals surface area contributed by atoms with Crippen LogP contribution in [0.3, 0.4) is 0 Å². The Morgan fingerprint density at radius 2 is 2.16 bits per heavy atom. The third-order valence-electron chi connectivity index (χ3n) is 2.97. The molecule has 3 rings (SSSR count). The predicted octanol–water partition coefficient (Wildman–Crippen LogP) is 2.84. The summed E-state index contributed by atoms with van der Waals surface area (Å²) in [5.74, 6) is 0.483. The summed E-state index contributed by atoms with van der Waals surface area (Å²) in [5.41, 5.74) is 2.33. The molecular weight excluding hydrogens is 244 g/mol. The fraction of sp³-hybridized carbons (Fsp3) is 0.0769. The van der Waals surface area contributed by atoms with Crippen molar-refractivity contribution in [3.63, 3.8) is 0 Å². The number of hydrogen-bond donors (Lipinski definition) is 1. The molecule has 6 nitrogen and oxygen atoms in total. The summed E-state index contributed by atoms with van der Waals surface area (Å²) in [4.78, 5) is 22.0. The van der Waals surface area contributed by atoms with Crippen LogP contribution in [0.15, 0.2) is 36.7 Å². The number of benzene rings is 1. The molecule has 0 spiro atoms. The Balaban J connectivity index is 2.19. The number of nitrogens with one attached hydrogen (secondary N) is 1. The van der Waals surface area contributed by atoms with Gasteiger partial charge < -0.3 is 4.98 Å². The molecule has 0 amide bonds. The van der Waals surface area contributed by atoms with Crippen molar-refractivity contribution in [1.29, 1.82) is 0 Å². The minimum Gasteiger partial charge on any atom is -0.346 e. The third kappa shape index (κ3) is 1.93. The molecule has 0 aliphatic carbocycles. The first-order chi connectivity index (χ1) is 9.15. The Morgan fingerprint density at radius 3 is 2.95 bits per heavy atom. The summed E-state index contributed by atoms with van der Waals surface area (Å²) < 4.78 is 0. The number of aromatic amines is 1. The fourth-order valence-electron chi connectivity index (χ4n) is 1.93. The smallest absolute Gasteiger partial charge is 0.270 e. The quantitative estimate of drug-likeness (QED) is 0.563. The van der Waals surface area contributed by atoms with Gasteiger partial charge in [0, 0.05) is 35.5 Å². The van der Waals surface area contributed by atoms with Crippen molar-refractivity contribution >= 4 is 16.7 Å². The number of aryl methyl sites for hydroxylation is 1. The van der Waals surface area contributed by atoms with E-state index >= 15 is 0 Å². The molecule has 19 heavy (non-hydrogen) atoms. The molecule has 2 aromatic heterocycles. The summed E-state index contributed by atoms with van der Waals surface area (Å²) in [6, 6.07) is 6.56. The van der Waals surface area contributed by atoms with E-state index in [0.29, 0.717) is 11.4 Å². The van der Waals surface area contributed by atoms with Crippen LogP contribution in [0.5, 0.6) is 0 Å². The van der Waals surface area contributed by atoms with Crippen LogP contribution >= 0.6 is 0 Å². The van der Waals surface area contributed by atoms with Crippen LogP contribution in [0.1, 0.15) is 5.56 Å². The molecule has 3 aromatic rings. The maximum atomic E-state index is 10.8. The summed E-state index contributed by atoms with van der Waals surface area (Å²) in [5, 5.41) is 11.7. The second-order valence-electron chi connectivity index (χ2n) is 4.23. The second-order valence-corrected chi connectivity index (χ2v) is 4.23. The Bertz CT molecular complexity index is 779. The molecule has 1 aromatic carbocycles. The zero-order chi connectivity index (χ0) is 13.4. The van der Waals surface area contributed by atoms with Gasteiger partial charge >= 0.3 is 0 Å². The van der Waals surface area contributed by atoms with Gasteiger partial charge in [-0.1, -0.05) is 6.07 Å². The summed E-state index contributed by atoms with van der Waals surface area (Å²) in [6.45, 7) is 1.88. The number of non-ortho nitro benzene ring substituents is 1. The van der Waals surface area contributed by atoms with Crippen LogP contribution in [-0.2, 0) is 0 Å². The predicted molar refractivity (Wildman–Crippen MR) is 70.7 cm³/mol. The second kappa shape index (κ2) is 4.16. The number of aromatic nitrogens is 3. The highest BCUT2D eigenvalue weighted by Gasteiger charge is 2.12. The van der Waals surface area contributed by atoms with Gasteiger partial charge in [-0.3, -0.25) is 10.1 Å². The molecule has 0 saturated heterocycles. The van der Waals surface area contributed by atoms with E-state index in [1.54, 1.807) is 18.5 Å². The van der Waals surface area contributed by atoms with Crippen molar-refractivity contribution in [3.8, 4) is 11.4 Å². The van der Waals surface area contributed by atoms with E-state index < -0.39 is 4.92 Å². The standard InChI is InChI=1S/C13H10N4O2/c1-8-2-3-10(17(18)19)6-11(8)13-15-7-9-4-5-14-12(9)16-13/h2-7H,1H3,(H,14,15,16). The highest BCUT2D eigenvalue weighted by atomic mass is 16.6. The van der Waals surface area contributed by atoms with Crippen LogP contribution in [0.2, 0.25) is 0 Å². The van der Waals surface area contributed by atoms with E-state index in [2.05, 4.69) is 15.0 Å². The zero-order valence-electron chi connectivity index (χ0n) is 10.1. The van der Waals surface area contributed by atoms with Gasteiger partial charge in [-0.05, 0) is 18.6 Å². The molecular formula is C13H10N4O2. The molecule has 0 unspecified atom stereocenters. The minimum absolute atomic E-state index is 0.0378. The van der Waals surface area contributed by atoms with Gasteiger partial charge in [0.05, 0.1) is 4.92 Å². The van der Waals surface area contributed by atoms with Gasteiger partial charge in [0.25, 0.3) is 5.69 Å². The molecule has 0 bridgehead atoms. The first-order valence-corrected chi connectivity index (χ1v) is 5.71. The van der Waals surface area contributed by atoms with E-state index in [9.17, 15) is 10.1 Å². The summed E-state index contributed by atoms with van der Waals surface area (Å²) >= 11 is 0. The highest BCUT2D eigenvalue weighted by molar-refractivity contribution is 5.77. The Morgan fingerprint density at radius 1 is 1.32 bits per heavy atom. The monoisotopic (exact) mass is 254 g/mol. The summed E-state index contributed by atoms with van der Waals surface area (Å²) in [6.07, 6.45) is 3.48. The number of nitrogens with zero attached hydrogens (tertiary/aromatic N) is 3. The highest BCUT2D eigenvalue weighted by Crippen LogP contribution is 2.25.